The summed E-state index contributed by atoms with van der Waals surface area (Å²) in [6, 6.07) is 23.2. The van der Waals surface area contributed by atoms with E-state index in [-0.39, 0.29) is 43.3 Å². The fourth-order valence-electron chi connectivity index (χ4n) is 6.67. The summed E-state index contributed by atoms with van der Waals surface area (Å²) < 4.78 is 10.9. The van der Waals surface area contributed by atoms with Crippen molar-refractivity contribution in [3.63, 3.8) is 0 Å². The van der Waals surface area contributed by atoms with Gasteiger partial charge in [-0.3, -0.25) is 19.3 Å². The van der Waals surface area contributed by atoms with Gasteiger partial charge in [-0.05, 0) is 74.3 Å². The SMILES string of the molecule is COC(C)CCC(CC(=O)[C@H](Cc1c[nH]c2ccccc12)NC(=O)[C@H](C)N(C)C(=O)OCc1ccccc1)C(=O)NC1CCCc2ccccc21. The van der Waals surface area contributed by atoms with Crippen LogP contribution in [0.1, 0.15) is 74.2 Å². The lowest BCUT2D eigenvalue weighted by molar-refractivity contribution is -0.133. The second-order valence-corrected chi connectivity index (χ2v) is 13.6. The van der Waals surface area contributed by atoms with E-state index in [2.05, 4.69) is 27.8 Å². The Morgan fingerprint density at radius 3 is 2.43 bits per heavy atom. The van der Waals surface area contributed by atoms with Gasteiger partial charge in [0.05, 0.1) is 18.2 Å². The van der Waals surface area contributed by atoms with Crippen molar-refractivity contribution < 1.29 is 28.7 Å². The standard InChI is InChI=1S/C41H50N4O6/c1-27(50-4)21-22-31(40(48)43-36-20-12-16-30-15-8-9-17-33(30)36)24-38(46)37(23-32-25-42-35-19-11-10-18-34(32)35)44-39(47)28(2)45(3)41(49)51-26-29-13-6-5-7-14-29/h5-11,13-15,17-19,25,27-28,31,36-37,42H,12,16,20-24,26H2,1-4H3,(H,43,48)(H,44,47)/t27?,28-,31?,36?,37-/m0/s1. The first-order valence-corrected chi connectivity index (χ1v) is 17.9. The highest BCUT2D eigenvalue weighted by Gasteiger charge is 2.33. The molecule has 0 bridgehead atoms. The molecular weight excluding hydrogens is 644 g/mol. The normalized spacial score (nSPS) is 16.3. The van der Waals surface area contributed by atoms with Crippen LogP contribution in [0.4, 0.5) is 4.79 Å². The summed E-state index contributed by atoms with van der Waals surface area (Å²) in [6.07, 6.45) is 5.06. The number of H-pyrrole nitrogens is 1. The number of nitrogens with one attached hydrogen (secondary N) is 3. The number of carbonyl (C=O) groups excluding carboxylic acids is 4. The first kappa shape index (κ1) is 37.3. The summed E-state index contributed by atoms with van der Waals surface area (Å²) in [7, 11) is 3.13. The lowest BCUT2D eigenvalue weighted by Gasteiger charge is -2.29. The average molecular weight is 695 g/mol. The summed E-state index contributed by atoms with van der Waals surface area (Å²) in [5, 5.41) is 7.14. The molecule has 0 spiro atoms. The molecule has 5 atom stereocenters. The Morgan fingerprint density at radius 1 is 0.922 bits per heavy atom. The predicted octanol–water partition coefficient (Wildman–Crippen LogP) is 6.44. The monoisotopic (exact) mass is 694 g/mol. The zero-order chi connectivity index (χ0) is 36.3. The smallest absolute Gasteiger partial charge is 0.410 e. The van der Waals surface area contributed by atoms with Crippen LogP contribution in [0.3, 0.4) is 0 Å². The minimum absolute atomic E-state index is 0.0622. The van der Waals surface area contributed by atoms with Crippen molar-refractivity contribution in [2.75, 3.05) is 14.2 Å². The quantitative estimate of drug-likeness (QED) is 0.124. The molecule has 0 radical (unpaired) electrons. The third kappa shape index (κ3) is 9.85. The summed E-state index contributed by atoms with van der Waals surface area (Å²) in [6.45, 7) is 3.60. The van der Waals surface area contributed by atoms with E-state index < -0.39 is 30.0 Å². The molecule has 270 valence electrons. The van der Waals surface area contributed by atoms with Gasteiger partial charge in [-0.15, -0.1) is 0 Å². The number of aryl methyl sites for hydroxylation is 1. The summed E-state index contributed by atoms with van der Waals surface area (Å²) >= 11 is 0. The maximum atomic E-state index is 14.3. The number of hydrogen-bond donors (Lipinski definition) is 3. The van der Waals surface area contributed by atoms with Gasteiger partial charge in [0, 0.05) is 50.0 Å². The number of amides is 3. The van der Waals surface area contributed by atoms with E-state index >= 15 is 0 Å². The minimum atomic E-state index is -0.946. The van der Waals surface area contributed by atoms with Gasteiger partial charge in [0.1, 0.15) is 12.6 Å². The number of aromatic nitrogens is 1. The number of Topliss-reactive ketones (excluding diaryl/α,β-unsaturated/α-hetero) is 1. The number of benzene rings is 3. The molecule has 10 nitrogen and oxygen atoms in total. The molecule has 10 heteroatoms. The van der Waals surface area contributed by atoms with Crippen molar-refractivity contribution >= 4 is 34.6 Å². The van der Waals surface area contributed by atoms with Crippen LogP contribution < -0.4 is 10.6 Å². The lowest BCUT2D eigenvalue weighted by Crippen LogP contribution is -2.52. The molecule has 0 fully saturated rings. The third-order valence-corrected chi connectivity index (χ3v) is 10.1. The Kier molecular flexibility index (Phi) is 13.0. The van der Waals surface area contributed by atoms with Crippen LogP contribution >= 0.6 is 0 Å². The molecule has 1 aliphatic rings. The number of aromatic amines is 1. The van der Waals surface area contributed by atoms with Gasteiger partial charge in [0.25, 0.3) is 0 Å². The number of rotatable bonds is 16. The van der Waals surface area contributed by atoms with Crippen LogP contribution in [0.25, 0.3) is 10.9 Å². The van der Waals surface area contributed by atoms with Gasteiger partial charge in [0.2, 0.25) is 11.8 Å². The fraction of sp³-hybridized carbons (Fsp3) is 0.415. The number of nitrogens with zero attached hydrogens (tertiary/aromatic N) is 1. The van der Waals surface area contributed by atoms with E-state index in [0.29, 0.717) is 12.8 Å². The predicted molar refractivity (Wildman–Crippen MR) is 197 cm³/mol. The van der Waals surface area contributed by atoms with E-state index in [1.54, 1.807) is 14.0 Å². The molecule has 3 N–H and O–H groups in total. The Morgan fingerprint density at radius 2 is 1.65 bits per heavy atom. The van der Waals surface area contributed by atoms with Crippen molar-refractivity contribution in [3.8, 4) is 0 Å². The van der Waals surface area contributed by atoms with Crippen LogP contribution in [0.15, 0.2) is 85.1 Å². The molecule has 0 saturated heterocycles. The molecule has 4 aromatic rings. The second kappa shape index (κ2) is 17.8. The Labute approximate surface area is 300 Å². The number of likely N-dealkylation sites (N-methyl/N-ethyl adjacent to an activating group) is 1. The molecule has 3 aromatic carbocycles. The van der Waals surface area contributed by atoms with E-state index in [4.69, 9.17) is 9.47 Å². The van der Waals surface area contributed by atoms with E-state index in [1.165, 1.54) is 17.5 Å². The topological polar surface area (TPSA) is 130 Å². The van der Waals surface area contributed by atoms with E-state index in [0.717, 1.165) is 46.9 Å². The van der Waals surface area contributed by atoms with Gasteiger partial charge in [0.15, 0.2) is 5.78 Å². The minimum Gasteiger partial charge on any atom is -0.445 e. The molecule has 1 heterocycles. The van der Waals surface area contributed by atoms with Gasteiger partial charge >= 0.3 is 6.09 Å². The lowest BCUT2D eigenvalue weighted by atomic mass is 9.86. The molecule has 5 rings (SSSR count). The molecular formula is C41H50N4O6. The van der Waals surface area contributed by atoms with E-state index in [1.807, 2.05) is 79.9 Å². The van der Waals surface area contributed by atoms with Crippen LogP contribution in [0.2, 0.25) is 0 Å². The van der Waals surface area contributed by atoms with Crippen molar-refractivity contribution in [1.82, 2.24) is 20.5 Å². The van der Waals surface area contributed by atoms with Gasteiger partial charge < -0.3 is 25.1 Å². The number of carbonyl (C=O) groups is 4. The molecule has 1 aromatic heterocycles. The number of methoxy groups -OCH3 is 1. The number of ether oxygens (including phenoxy) is 2. The highest BCUT2D eigenvalue weighted by atomic mass is 16.6. The van der Waals surface area contributed by atoms with Crippen LogP contribution in [-0.4, -0.2) is 65.9 Å². The summed E-state index contributed by atoms with van der Waals surface area (Å²) in [5.41, 5.74) is 4.96. The zero-order valence-corrected chi connectivity index (χ0v) is 30.0. The highest BCUT2D eigenvalue weighted by molar-refractivity contribution is 5.95. The van der Waals surface area contributed by atoms with Crippen molar-refractivity contribution in [2.45, 2.75) is 89.6 Å². The Hall–Kier alpha value is -4.96. The number of para-hydroxylation sites is 1. The highest BCUT2D eigenvalue weighted by Crippen LogP contribution is 2.30. The summed E-state index contributed by atoms with van der Waals surface area (Å²) in [5.74, 6) is -1.57. The van der Waals surface area contributed by atoms with Gasteiger partial charge in [-0.25, -0.2) is 4.79 Å². The average Bonchev–Trinajstić information content (AvgIpc) is 3.57. The number of fused-ring (bicyclic) bond motifs is 2. The molecule has 3 unspecified atom stereocenters. The largest absolute Gasteiger partial charge is 0.445 e. The fourth-order valence-corrected chi connectivity index (χ4v) is 6.67. The van der Waals surface area contributed by atoms with Crippen molar-refractivity contribution in [1.29, 1.82) is 0 Å². The molecule has 3 amide bonds. The zero-order valence-electron chi connectivity index (χ0n) is 30.0. The maximum absolute atomic E-state index is 14.3. The first-order chi connectivity index (χ1) is 24.6. The van der Waals surface area contributed by atoms with Crippen LogP contribution in [0, 0.1) is 5.92 Å². The van der Waals surface area contributed by atoms with E-state index in [9.17, 15) is 19.2 Å². The molecule has 51 heavy (non-hydrogen) atoms. The Bertz CT molecular complexity index is 1790. The van der Waals surface area contributed by atoms with Crippen molar-refractivity contribution in [3.05, 3.63) is 107 Å². The third-order valence-electron chi connectivity index (χ3n) is 10.1. The van der Waals surface area contributed by atoms with Crippen LogP contribution in [0.5, 0.6) is 0 Å². The Balaban J connectivity index is 1.33. The maximum Gasteiger partial charge on any atom is 0.410 e. The van der Waals surface area contributed by atoms with Crippen molar-refractivity contribution in [2.24, 2.45) is 5.92 Å². The molecule has 0 saturated carbocycles. The molecule has 1 aliphatic carbocycles. The summed E-state index contributed by atoms with van der Waals surface area (Å²) in [4.78, 5) is 59.4. The molecule has 0 aliphatic heterocycles. The van der Waals surface area contributed by atoms with Crippen LogP contribution in [-0.2, 0) is 43.3 Å². The first-order valence-electron chi connectivity index (χ1n) is 17.9. The number of ketones is 1. The number of hydrogen-bond acceptors (Lipinski definition) is 6. The van der Waals surface area contributed by atoms with Gasteiger partial charge in [-0.1, -0.05) is 72.8 Å². The van der Waals surface area contributed by atoms with Gasteiger partial charge in [-0.2, -0.15) is 0 Å². The second-order valence-electron chi connectivity index (χ2n) is 13.6.